The summed E-state index contributed by atoms with van der Waals surface area (Å²) in [5.41, 5.74) is 7.52. The fraction of sp³-hybridized carbons (Fsp3) is 0.536. The Morgan fingerprint density at radius 2 is 2.03 bits per heavy atom. The molecule has 2 aliphatic carbocycles. The van der Waals surface area contributed by atoms with Crippen LogP contribution in [-0.2, 0) is 18.3 Å². The molecule has 0 spiro atoms. The van der Waals surface area contributed by atoms with Crippen molar-refractivity contribution in [2.24, 2.45) is 13.0 Å². The third-order valence-corrected chi connectivity index (χ3v) is 8.08. The molecular weight excluding hydrogens is 440 g/mol. The number of carboxylic acids is 1. The molecule has 5 rings (SSSR count). The molecule has 3 aromatic rings. The highest BCUT2D eigenvalue weighted by atomic mass is 16.5. The summed E-state index contributed by atoms with van der Waals surface area (Å²) in [4.78, 5) is 12.0. The first-order valence-corrected chi connectivity index (χ1v) is 12.9. The topological polar surface area (TPSA) is 89.3 Å². The minimum absolute atomic E-state index is 0.0184. The molecule has 2 atom stereocenters. The molecule has 0 radical (unpaired) electrons. The fourth-order valence-corrected chi connectivity index (χ4v) is 6.34. The summed E-state index contributed by atoms with van der Waals surface area (Å²) < 4.78 is 7.35. The lowest BCUT2D eigenvalue weighted by Crippen LogP contribution is -2.27. The summed E-state index contributed by atoms with van der Waals surface area (Å²) in [6.45, 7) is 3.26. The van der Waals surface area contributed by atoms with Gasteiger partial charge >= 0.3 is 5.97 Å². The molecule has 2 aliphatic rings. The number of aromatic nitrogens is 3. The van der Waals surface area contributed by atoms with Crippen LogP contribution in [0.2, 0.25) is 0 Å². The SMILES string of the molecule is COc1cc(C(CC(=O)O)c2ccc(C)c3c2CCC3NCC2CCCCC2)cc2nnn(C)c12. The Kier molecular flexibility index (Phi) is 6.78. The third-order valence-electron chi connectivity index (χ3n) is 8.08. The van der Waals surface area contributed by atoms with Gasteiger partial charge in [-0.2, -0.15) is 0 Å². The molecule has 186 valence electrons. The summed E-state index contributed by atoms with van der Waals surface area (Å²) in [7, 11) is 3.46. The van der Waals surface area contributed by atoms with Gasteiger partial charge in [-0.15, -0.1) is 5.10 Å². The zero-order chi connectivity index (χ0) is 24.5. The number of fused-ring (bicyclic) bond motifs is 2. The molecule has 2 aromatic carbocycles. The number of hydrogen-bond acceptors (Lipinski definition) is 5. The Labute approximate surface area is 206 Å². The minimum Gasteiger partial charge on any atom is -0.494 e. The summed E-state index contributed by atoms with van der Waals surface area (Å²) in [5, 5.41) is 22.2. The maximum atomic E-state index is 12.0. The molecule has 35 heavy (non-hydrogen) atoms. The van der Waals surface area contributed by atoms with Gasteiger partial charge in [-0.1, -0.05) is 36.6 Å². The van der Waals surface area contributed by atoms with E-state index >= 15 is 0 Å². The smallest absolute Gasteiger partial charge is 0.304 e. The van der Waals surface area contributed by atoms with E-state index in [4.69, 9.17) is 4.74 Å². The quantitative estimate of drug-likeness (QED) is 0.473. The Morgan fingerprint density at radius 3 is 2.77 bits per heavy atom. The molecule has 2 N–H and O–H groups in total. The standard InChI is InChI=1S/C28H36N4O3/c1-17-9-10-20(21-11-12-23(27(17)21)29-16-18-7-5-4-6-8-18)22(15-26(33)34)19-13-24-28(25(14-19)35-3)32(2)31-30-24/h9-10,13-14,18,22-23,29H,4-8,11-12,15-16H2,1-3H3,(H,33,34). The molecule has 1 aromatic heterocycles. The monoisotopic (exact) mass is 476 g/mol. The second-order valence-corrected chi connectivity index (χ2v) is 10.3. The van der Waals surface area contributed by atoms with E-state index in [1.807, 2.05) is 19.2 Å². The summed E-state index contributed by atoms with van der Waals surface area (Å²) in [6, 6.07) is 8.58. The molecular formula is C28H36N4O3. The highest BCUT2D eigenvalue weighted by molar-refractivity contribution is 5.83. The van der Waals surface area contributed by atoms with Crippen molar-refractivity contribution in [1.82, 2.24) is 20.3 Å². The lowest BCUT2D eigenvalue weighted by Gasteiger charge is -2.25. The molecule has 0 bridgehead atoms. The van der Waals surface area contributed by atoms with Crippen LogP contribution in [-0.4, -0.2) is 39.7 Å². The number of nitrogens with zero attached hydrogens (tertiary/aromatic N) is 3. The van der Waals surface area contributed by atoms with Crippen molar-refractivity contribution in [3.63, 3.8) is 0 Å². The predicted molar refractivity (Wildman–Crippen MR) is 136 cm³/mol. The predicted octanol–water partition coefficient (Wildman–Crippen LogP) is 5.05. The van der Waals surface area contributed by atoms with E-state index in [-0.39, 0.29) is 12.3 Å². The maximum absolute atomic E-state index is 12.0. The molecule has 2 unspecified atom stereocenters. The number of rotatable bonds is 8. The van der Waals surface area contributed by atoms with Crippen LogP contribution in [0.3, 0.4) is 0 Å². The Bertz CT molecular complexity index is 1230. The summed E-state index contributed by atoms with van der Waals surface area (Å²) in [5.74, 6) is 0.352. The summed E-state index contributed by atoms with van der Waals surface area (Å²) >= 11 is 0. The first-order chi connectivity index (χ1) is 17.0. The number of hydrogen-bond donors (Lipinski definition) is 2. The molecule has 1 heterocycles. The van der Waals surface area contributed by atoms with Gasteiger partial charge in [-0.05, 0) is 85.0 Å². The van der Waals surface area contributed by atoms with Crippen LogP contribution in [0.15, 0.2) is 24.3 Å². The fourth-order valence-electron chi connectivity index (χ4n) is 6.34. The molecule has 0 aliphatic heterocycles. The number of carbonyl (C=O) groups is 1. The molecule has 0 amide bonds. The highest BCUT2D eigenvalue weighted by Crippen LogP contribution is 2.42. The van der Waals surface area contributed by atoms with Crippen LogP contribution in [0.5, 0.6) is 5.75 Å². The summed E-state index contributed by atoms with van der Waals surface area (Å²) in [6.07, 6.45) is 8.80. The second kappa shape index (κ2) is 9.97. The number of aryl methyl sites for hydroxylation is 2. The van der Waals surface area contributed by atoms with Crippen LogP contribution in [0.4, 0.5) is 0 Å². The van der Waals surface area contributed by atoms with E-state index in [0.29, 0.717) is 17.3 Å². The number of carboxylic acid groups (broad SMARTS) is 1. The molecule has 1 saturated carbocycles. The Balaban J connectivity index is 1.51. The first kappa shape index (κ1) is 23.8. The van der Waals surface area contributed by atoms with Gasteiger partial charge < -0.3 is 15.2 Å². The number of benzene rings is 2. The number of aliphatic carboxylic acids is 1. The van der Waals surface area contributed by atoms with Crippen LogP contribution in [0.1, 0.15) is 84.7 Å². The molecule has 0 saturated heterocycles. The van der Waals surface area contributed by atoms with Crippen LogP contribution < -0.4 is 10.1 Å². The van der Waals surface area contributed by atoms with E-state index in [1.54, 1.807) is 11.8 Å². The zero-order valence-corrected chi connectivity index (χ0v) is 21.0. The van der Waals surface area contributed by atoms with E-state index in [9.17, 15) is 9.90 Å². The average Bonchev–Trinajstić information content (AvgIpc) is 3.46. The van der Waals surface area contributed by atoms with Gasteiger partial charge in [0.25, 0.3) is 0 Å². The van der Waals surface area contributed by atoms with Crippen molar-refractivity contribution in [3.05, 3.63) is 52.1 Å². The zero-order valence-electron chi connectivity index (χ0n) is 21.0. The highest BCUT2D eigenvalue weighted by Gasteiger charge is 2.31. The Morgan fingerprint density at radius 1 is 1.23 bits per heavy atom. The number of nitrogens with one attached hydrogen (secondary N) is 1. The lowest BCUT2D eigenvalue weighted by atomic mass is 9.83. The first-order valence-electron chi connectivity index (χ1n) is 12.9. The van der Waals surface area contributed by atoms with Gasteiger partial charge in [0.05, 0.1) is 13.5 Å². The number of ether oxygens (including phenoxy) is 1. The van der Waals surface area contributed by atoms with Gasteiger partial charge in [0.2, 0.25) is 0 Å². The lowest BCUT2D eigenvalue weighted by molar-refractivity contribution is -0.137. The van der Waals surface area contributed by atoms with E-state index in [0.717, 1.165) is 41.9 Å². The van der Waals surface area contributed by atoms with Crippen LogP contribution >= 0.6 is 0 Å². The largest absolute Gasteiger partial charge is 0.494 e. The van der Waals surface area contributed by atoms with E-state index < -0.39 is 5.97 Å². The van der Waals surface area contributed by atoms with E-state index in [2.05, 4.69) is 34.7 Å². The van der Waals surface area contributed by atoms with Crippen molar-refractivity contribution in [1.29, 1.82) is 0 Å². The van der Waals surface area contributed by atoms with E-state index in [1.165, 1.54) is 48.8 Å². The second-order valence-electron chi connectivity index (χ2n) is 10.3. The van der Waals surface area contributed by atoms with Gasteiger partial charge in [-0.3, -0.25) is 4.79 Å². The van der Waals surface area contributed by atoms with Crippen molar-refractivity contribution in [2.75, 3.05) is 13.7 Å². The van der Waals surface area contributed by atoms with Gasteiger partial charge in [0.15, 0.2) is 0 Å². The van der Waals surface area contributed by atoms with Crippen molar-refractivity contribution in [3.8, 4) is 5.75 Å². The van der Waals surface area contributed by atoms with Gasteiger partial charge in [-0.25, -0.2) is 4.68 Å². The molecule has 7 nitrogen and oxygen atoms in total. The molecule has 7 heteroatoms. The Hall–Kier alpha value is -2.93. The maximum Gasteiger partial charge on any atom is 0.304 e. The van der Waals surface area contributed by atoms with Crippen molar-refractivity contribution < 1.29 is 14.6 Å². The van der Waals surface area contributed by atoms with Crippen molar-refractivity contribution >= 4 is 17.0 Å². The van der Waals surface area contributed by atoms with Crippen LogP contribution in [0.25, 0.3) is 11.0 Å². The normalized spacial score (nSPS) is 19.1. The van der Waals surface area contributed by atoms with Gasteiger partial charge in [0, 0.05) is 19.0 Å². The molecule has 1 fully saturated rings. The third kappa shape index (κ3) is 4.66. The van der Waals surface area contributed by atoms with Gasteiger partial charge in [0.1, 0.15) is 16.8 Å². The number of methoxy groups -OCH3 is 1. The average molecular weight is 477 g/mol. The van der Waals surface area contributed by atoms with Crippen LogP contribution in [0, 0.1) is 12.8 Å². The van der Waals surface area contributed by atoms with Crippen molar-refractivity contribution in [2.45, 2.75) is 70.3 Å². The minimum atomic E-state index is -0.812.